The minimum absolute atomic E-state index is 0.380. The van der Waals surface area contributed by atoms with Gasteiger partial charge >= 0.3 is 0 Å². The lowest BCUT2D eigenvalue weighted by Gasteiger charge is -2.40. The summed E-state index contributed by atoms with van der Waals surface area (Å²) in [5.74, 6) is 0. The first kappa shape index (κ1) is 17.0. The Hall–Kier alpha value is -0.380. The van der Waals surface area contributed by atoms with Crippen LogP contribution in [0.1, 0.15) is 52.0 Å². The third-order valence-electron chi connectivity index (χ3n) is 4.77. The van der Waals surface area contributed by atoms with Gasteiger partial charge in [0.2, 0.25) is 0 Å². The zero-order chi connectivity index (χ0) is 15.5. The lowest BCUT2D eigenvalue weighted by molar-refractivity contribution is -0.0257. The summed E-state index contributed by atoms with van der Waals surface area (Å²) < 4.78 is 1.12. The van der Waals surface area contributed by atoms with Crippen molar-refractivity contribution in [3.8, 4) is 0 Å². The average Bonchev–Trinajstić information content (AvgIpc) is 2.43. The smallest absolute Gasteiger partial charge is 0.0772 e. The lowest BCUT2D eigenvalue weighted by Crippen LogP contribution is -2.47. The van der Waals surface area contributed by atoms with E-state index in [1.807, 2.05) is 0 Å². The Morgan fingerprint density at radius 3 is 2.29 bits per heavy atom. The van der Waals surface area contributed by atoms with Crippen molar-refractivity contribution in [2.75, 3.05) is 6.54 Å². The minimum atomic E-state index is -0.510. The number of benzene rings is 1. The molecular formula is C18H28BrNO. The van der Waals surface area contributed by atoms with Gasteiger partial charge in [0.1, 0.15) is 0 Å². The summed E-state index contributed by atoms with van der Waals surface area (Å²) in [4.78, 5) is 0. The standard InChI is InChI=1S/C18H28BrNO/c1-14(12-15-4-6-16(19)7-5-15)20-13-18(21)10-8-17(2,3)9-11-18/h4-7,14,20-21H,8-13H2,1-3H3. The highest BCUT2D eigenvalue weighted by Gasteiger charge is 2.36. The van der Waals surface area contributed by atoms with Gasteiger partial charge in [0.05, 0.1) is 5.60 Å². The van der Waals surface area contributed by atoms with E-state index in [2.05, 4.69) is 66.3 Å². The van der Waals surface area contributed by atoms with Crippen LogP contribution in [-0.2, 0) is 6.42 Å². The highest BCUT2D eigenvalue weighted by atomic mass is 79.9. The monoisotopic (exact) mass is 353 g/mol. The molecule has 118 valence electrons. The third kappa shape index (κ3) is 5.39. The van der Waals surface area contributed by atoms with Crippen LogP contribution in [0.4, 0.5) is 0 Å². The Labute approximate surface area is 137 Å². The molecule has 0 amide bonds. The molecule has 1 aromatic rings. The molecule has 1 saturated carbocycles. The first-order valence-corrected chi connectivity index (χ1v) is 8.78. The highest BCUT2D eigenvalue weighted by Crippen LogP contribution is 2.39. The van der Waals surface area contributed by atoms with Gasteiger partial charge in [-0.3, -0.25) is 0 Å². The van der Waals surface area contributed by atoms with Crippen molar-refractivity contribution in [2.45, 2.75) is 64.5 Å². The average molecular weight is 354 g/mol. The van der Waals surface area contributed by atoms with Gasteiger partial charge in [-0.1, -0.05) is 41.9 Å². The van der Waals surface area contributed by atoms with Crippen LogP contribution in [0.2, 0.25) is 0 Å². The summed E-state index contributed by atoms with van der Waals surface area (Å²) in [5, 5.41) is 14.2. The van der Waals surface area contributed by atoms with E-state index in [4.69, 9.17) is 0 Å². The third-order valence-corrected chi connectivity index (χ3v) is 5.30. The molecule has 0 saturated heterocycles. The molecule has 0 bridgehead atoms. The van der Waals surface area contributed by atoms with Gasteiger partial charge in [0.25, 0.3) is 0 Å². The fourth-order valence-corrected chi connectivity index (χ4v) is 3.24. The first-order chi connectivity index (χ1) is 9.78. The second kappa shape index (κ2) is 6.80. The largest absolute Gasteiger partial charge is 0.389 e. The zero-order valence-electron chi connectivity index (χ0n) is 13.5. The molecule has 21 heavy (non-hydrogen) atoms. The van der Waals surface area contributed by atoms with Gasteiger partial charge in [-0.25, -0.2) is 0 Å². The van der Waals surface area contributed by atoms with Crippen LogP contribution in [-0.4, -0.2) is 23.3 Å². The number of hydrogen-bond acceptors (Lipinski definition) is 2. The zero-order valence-corrected chi connectivity index (χ0v) is 15.0. The van der Waals surface area contributed by atoms with Crippen LogP contribution in [0.5, 0.6) is 0 Å². The second-order valence-electron chi connectivity index (χ2n) is 7.50. The van der Waals surface area contributed by atoms with Crippen LogP contribution < -0.4 is 5.32 Å². The summed E-state index contributed by atoms with van der Waals surface area (Å²) in [6.45, 7) is 7.51. The van der Waals surface area contributed by atoms with Crippen molar-refractivity contribution in [1.29, 1.82) is 0 Å². The molecule has 3 heteroatoms. The van der Waals surface area contributed by atoms with E-state index < -0.39 is 5.60 Å². The molecule has 1 aromatic carbocycles. The maximum Gasteiger partial charge on any atom is 0.0772 e. The van der Waals surface area contributed by atoms with E-state index >= 15 is 0 Å². The first-order valence-electron chi connectivity index (χ1n) is 7.98. The molecule has 1 unspecified atom stereocenters. The Morgan fingerprint density at radius 2 is 1.71 bits per heavy atom. The van der Waals surface area contributed by atoms with Crippen LogP contribution in [0.25, 0.3) is 0 Å². The normalized spacial score (nSPS) is 22.0. The molecule has 0 aliphatic heterocycles. The summed E-state index contributed by atoms with van der Waals surface area (Å²) >= 11 is 3.46. The van der Waals surface area contributed by atoms with Gasteiger partial charge in [0, 0.05) is 17.1 Å². The van der Waals surface area contributed by atoms with E-state index in [1.54, 1.807) is 0 Å². The minimum Gasteiger partial charge on any atom is -0.389 e. The van der Waals surface area contributed by atoms with Crippen LogP contribution in [0.15, 0.2) is 28.7 Å². The summed E-state index contributed by atoms with van der Waals surface area (Å²) in [6.07, 6.45) is 5.06. The highest BCUT2D eigenvalue weighted by molar-refractivity contribution is 9.10. The van der Waals surface area contributed by atoms with Gasteiger partial charge in [0.15, 0.2) is 0 Å². The van der Waals surface area contributed by atoms with E-state index in [0.717, 1.165) is 36.6 Å². The number of hydrogen-bond donors (Lipinski definition) is 2. The van der Waals surface area contributed by atoms with Crippen molar-refractivity contribution in [3.63, 3.8) is 0 Å². The van der Waals surface area contributed by atoms with Crippen LogP contribution in [0, 0.1) is 5.41 Å². The molecule has 0 radical (unpaired) electrons. The molecule has 0 aromatic heterocycles. The van der Waals surface area contributed by atoms with Gasteiger partial charge < -0.3 is 10.4 Å². The quantitative estimate of drug-likeness (QED) is 0.826. The Morgan fingerprint density at radius 1 is 1.14 bits per heavy atom. The molecule has 0 heterocycles. The molecule has 1 fully saturated rings. The number of aliphatic hydroxyl groups is 1. The molecule has 1 aliphatic carbocycles. The SMILES string of the molecule is CC(Cc1ccc(Br)cc1)NCC1(O)CCC(C)(C)CC1. The Bertz CT molecular complexity index is 445. The van der Waals surface area contributed by atoms with Crippen LogP contribution in [0.3, 0.4) is 0 Å². The number of halogens is 1. The van der Waals surface area contributed by atoms with Crippen molar-refractivity contribution in [1.82, 2.24) is 5.32 Å². The number of rotatable bonds is 5. The molecule has 1 atom stereocenters. The van der Waals surface area contributed by atoms with Crippen molar-refractivity contribution >= 4 is 15.9 Å². The fourth-order valence-electron chi connectivity index (χ4n) is 2.98. The molecule has 2 rings (SSSR count). The van der Waals surface area contributed by atoms with Crippen molar-refractivity contribution in [2.24, 2.45) is 5.41 Å². The van der Waals surface area contributed by atoms with Crippen molar-refractivity contribution in [3.05, 3.63) is 34.3 Å². The van der Waals surface area contributed by atoms with Gasteiger partial charge in [-0.15, -0.1) is 0 Å². The Balaban J connectivity index is 1.78. The summed E-state index contributed by atoms with van der Waals surface area (Å²) in [5.41, 5.74) is 1.22. The lowest BCUT2D eigenvalue weighted by atomic mass is 9.71. The Kier molecular flexibility index (Phi) is 5.50. The van der Waals surface area contributed by atoms with E-state index in [0.29, 0.717) is 18.0 Å². The van der Waals surface area contributed by atoms with Crippen molar-refractivity contribution < 1.29 is 5.11 Å². The summed E-state index contributed by atoms with van der Waals surface area (Å²) in [6, 6.07) is 8.85. The predicted octanol–water partition coefficient (Wildman–Crippen LogP) is 4.30. The second-order valence-corrected chi connectivity index (χ2v) is 8.42. The van der Waals surface area contributed by atoms with E-state index in [-0.39, 0.29) is 0 Å². The fraction of sp³-hybridized carbons (Fsp3) is 0.667. The predicted molar refractivity (Wildman–Crippen MR) is 92.5 cm³/mol. The summed E-state index contributed by atoms with van der Waals surface area (Å²) in [7, 11) is 0. The molecule has 2 N–H and O–H groups in total. The van der Waals surface area contributed by atoms with Gasteiger partial charge in [-0.2, -0.15) is 0 Å². The van der Waals surface area contributed by atoms with Crippen LogP contribution >= 0.6 is 15.9 Å². The van der Waals surface area contributed by atoms with E-state index in [1.165, 1.54) is 5.56 Å². The maximum atomic E-state index is 10.7. The topological polar surface area (TPSA) is 32.3 Å². The number of nitrogens with one attached hydrogen (secondary N) is 1. The molecular weight excluding hydrogens is 326 g/mol. The van der Waals surface area contributed by atoms with E-state index in [9.17, 15) is 5.11 Å². The molecule has 1 aliphatic rings. The maximum absolute atomic E-state index is 10.7. The molecule has 0 spiro atoms. The molecule has 2 nitrogen and oxygen atoms in total. The van der Waals surface area contributed by atoms with Gasteiger partial charge in [-0.05, 0) is 62.1 Å².